The first-order valence-corrected chi connectivity index (χ1v) is 10.2. The van der Waals surface area contributed by atoms with Gasteiger partial charge in [0.25, 0.3) is 0 Å². The molecule has 0 aliphatic heterocycles. The van der Waals surface area contributed by atoms with Gasteiger partial charge < -0.3 is 10.1 Å². The van der Waals surface area contributed by atoms with Crippen molar-refractivity contribution < 1.29 is 4.74 Å². The van der Waals surface area contributed by atoms with Crippen molar-refractivity contribution in [3.05, 3.63) is 84.6 Å². The summed E-state index contributed by atoms with van der Waals surface area (Å²) in [7, 11) is 0. The molecule has 2 heterocycles. The van der Waals surface area contributed by atoms with E-state index in [2.05, 4.69) is 39.6 Å². The van der Waals surface area contributed by atoms with Crippen molar-refractivity contribution in [2.75, 3.05) is 5.32 Å². The number of aromatic nitrogens is 2. The van der Waals surface area contributed by atoms with E-state index >= 15 is 0 Å². The Bertz CT molecular complexity index is 1090. The fraction of sp³-hybridized carbons (Fsp3) is 0.130. The Morgan fingerprint density at radius 2 is 1.75 bits per heavy atom. The summed E-state index contributed by atoms with van der Waals surface area (Å²) >= 11 is 1.65. The van der Waals surface area contributed by atoms with Gasteiger partial charge in [-0.25, -0.2) is 9.97 Å². The van der Waals surface area contributed by atoms with E-state index in [1.807, 2.05) is 48.5 Å². The molecule has 0 unspecified atom stereocenters. The number of thiazole rings is 1. The number of anilines is 2. The predicted octanol–water partition coefficient (Wildman–Crippen LogP) is 6.66. The summed E-state index contributed by atoms with van der Waals surface area (Å²) in [6, 6.07) is 20.2. The Hall–Kier alpha value is -3.18. The molecule has 2 aromatic heterocycles. The van der Waals surface area contributed by atoms with Crippen LogP contribution in [0.4, 0.5) is 10.8 Å². The van der Waals surface area contributed by atoms with Crippen LogP contribution in [0.5, 0.6) is 11.6 Å². The molecule has 4 nitrogen and oxygen atoms in total. The van der Waals surface area contributed by atoms with Crippen LogP contribution in [-0.2, 0) is 0 Å². The number of ether oxygens (including phenoxy) is 1. The standard InChI is InChI=1S/C23H19N3OS/c1-2-7-16(6-1)19-8-5-15-24-22(19)27-18-13-11-17(12-14-18)25-23-26-20-9-3-4-10-21(20)28-23/h1-5,8-16H,6-7H2,(H,25,26). The molecule has 138 valence electrons. The van der Waals surface area contributed by atoms with Gasteiger partial charge in [0.2, 0.25) is 5.88 Å². The zero-order valence-electron chi connectivity index (χ0n) is 15.2. The third-order valence-corrected chi connectivity index (χ3v) is 5.81. The molecule has 5 rings (SSSR count). The van der Waals surface area contributed by atoms with Gasteiger partial charge in [-0.05, 0) is 61.2 Å². The van der Waals surface area contributed by atoms with E-state index in [0.29, 0.717) is 11.8 Å². The molecule has 0 saturated heterocycles. The summed E-state index contributed by atoms with van der Waals surface area (Å²) in [6.07, 6.45) is 8.33. The van der Waals surface area contributed by atoms with Crippen LogP contribution in [0.1, 0.15) is 24.3 Å². The molecule has 0 bridgehead atoms. The molecule has 2 aromatic carbocycles. The molecule has 0 radical (unpaired) electrons. The van der Waals surface area contributed by atoms with Crippen molar-refractivity contribution >= 4 is 32.4 Å². The lowest BCUT2D eigenvalue weighted by Crippen LogP contribution is -1.99. The third-order valence-electron chi connectivity index (χ3n) is 4.86. The van der Waals surface area contributed by atoms with Crippen LogP contribution in [0, 0.1) is 0 Å². The number of nitrogens with one attached hydrogen (secondary N) is 1. The summed E-state index contributed by atoms with van der Waals surface area (Å²) in [4.78, 5) is 9.07. The second kappa shape index (κ2) is 7.44. The molecule has 1 N–H and O–H groups in total. The molecule has 4 aromatic rings. The van der Waals surface area contributed by atoms with Gasteiger partial charge in [-0.2, -0.15) is 0 Å². The van der Waals surface area contributed by atoms with E-state index in [4.69, 9.17) is 4.74 Å². The van der Waals surface area contributed by atoms with Crippen molar-refractivity contribution in [1.82, 2.24) is 9.97 Å². The Morgan fingerprint density at radius 3 is 2.57 bits per heavy atom. The summed E-state index contributed by atoms with van der Waals surface area (Å²) in [5.41, 5.74) is 3.16. The smallest absolute Gasteiger partial charge is 0.222 e. The van der Waals surface area contributed by atoms with Crippen LogP contribution in [0.3, 0.4) is 0 Å². The van der Waals surface area contributed by atoms with Gasteiger partial charge in [0.05, 0.1) is 10.2 Å². The van der Waals surface area contributed by atoms with E-state index in [1.54, 1.807) is 17.5 Å². The highest BCUT2D eigenvalue weighted by molar-refractivity contribution is 7.22. The summed E-state index contributed by atoms with van der Waals surface area (Å²) in [6.45, 7) is 0. The van der Waals surface area contributed by atoms with E-state index < -0.39 is 0 Å². The Labute approximate surface area is 167 Å². The molecule has 1 aliphatic rings. The third kappa shape index (κ3) is 3.49. The quantitative estimate of drug-likeness (QED) is 0.390. The summed E-state index contributed by atoms with van der Waals surface area (Å²) in [5.74, 6) is 1.94. The zero-order valence-corrected chi connectivity index (χ0v) is 16.0. The van der Waals surface area contributed by atoms with E-state index in [0.717, 1.165) is 34.9 Å². The molecule has 0 amide bonds. The minimum absolute atomic E-state index is 0.462. The number of para-hydroxylation sites is 1. The lowest BCUT2D eigenvalue weighted by atomic mass is 9.98. The lowest BCUT2D eigenvalue weighted by molar-refractivity contribution is 0.450. The van der Waals surface area contributed by atoms with Gasteiger partial charge >= 0.3 is 0 Å². The van der Waals surface area contributed by atoms with Crippen molar-refractivity contribution in [3.63, 3.8) is 0 Å². The van der Waals surface area contributed by atoms with E-state index in [9.17, 15) is 0 Å². The number of pyridine rings is 1. The topological polar surface area (TPSA) is 47.0 Å². The number of hydrogen-bond acceptors (Lipinski definition) is 5. The highest BCUT2D eigenvalue weighted by Gasteiger charge is 2.18. The second-order valence-corrected chi connectivity index (χ2v) is 7.81. The second-order valence-electron chi connectivity index (χ2n) is 6.78. The first-order valence-electron chi connectivity index (χ1n) is 9.35. The highest BCUT2D eigenvalue weighted by Crippen LogP contribution is 2.36. The number of hydrogen-bond donors (Lipinski definition) is 1. The maximum Gasteiger partial charge on any atom is 0.222 e. The van der Waals surface area contributed by atoms with Crippen molar-refractivity contribution in [3.8, 4) is 11.6 Å². The van der Waals surface area contributed by atoms with Crippen molar-refractivity contribution in [1.29, 1.82) is 0 Å². The molecule has 0 fully saturated rings. The first-order chi connectivity index (χ1) is 13.8. The number of rotatable bonds is 5. The summed E-state index contributed by atoms with van der Waals surface area (Å²) < 4.78 is 7.27. The van der Waals surface area contributed by atoms with Gasteiger partial charge in [-0.3, -0.25) is 0 Å². The molecular formula is C23H19N3OS. The molecular weight excluding hydrogens is 366 g/mol. The zero-order chi connectivity index (χ0) is 18.8. The van der Waals surface area contributed by atoms with Gasteiger partial charge in [-0.15, -0.1) is 0 Å². The van der Waals surface area contributed by atoms with Gasteiger partial charge in [0.15, 0.2) is 5.13 Å². The maximum absolute atomic E-state index is 6.10. The maximum atomic E-state index is 6.10. The summed E-state index contributed by atoms with van der Waals surface area (Å²) in [5, 5.41) is 4.25. The molecule has 0 saturated carbocycles. The van der Waals surface area contributed by atoms with Crippen molar-refractivity contribution in [2.45, 2.75) is 18.8 Å². The van der Waals surface area contributed by atoms with Gasteiger partial charge in [0, 0.05) is 17.4 Å². The van der Waals surface area contributed by atoms with Gasteiger partial charge in [0.1, 0.15) is 5.75 Å². The van der Waals surface area contributed by atoms with Crippen LogP contribution in [0.25, 0.3) is 10.2 Å². The number of allylic oxidation sites excluding steroid dienone is 2. The predicted molar refractivity (Wildman–Crippen MR) is 115 cm³/mol. The average Bonchev–Trinajstić information content (AvgIpc) is 3.39. The number of benzene rings is 2. The Morgan fingerprint density at radius 1 is 0.929 bits per heavy atom. The molecule has 0 atom stereocenters. The Balaban J connectivity index is 1.32. The number of nitrogens with zero attached hydrogens (tertiary/aromatic N) is 2. The van der Waals surface area contributed by atoms with E-state index in [1.165, 1.54) is 10.3 Å². The van der Waals surface area contributed by atoms with Gasteiger partial charge in [-0.1, -0.05) is 41.7 Å². The van der Waals surface area contributed by atoms with E-state index in [-0.39, 0.29) is 0 Å². The highest BCUT2D eigenvalue weighted by atomic mass is 32.1. The first kappa shape index (κ1) is 17.0. The van der Waals surface area contributed by atoms with Crippen LogP contribution >= 0.6 is 11.3 Å². The largest absolute Gasteiger partial charge is 0.439 e. The normalized spacial score (nSPS) is 13.9. The fourth-order valence-corrected chi connectivity index (χ4v) is 4.32. The molecule has 5 heteroatoms. The van der Waals surface area contributed by atoms with Crippen LogP contribution < -0.4 is 10.1 Å². The Kier molecular flexibility index (Phi) is 4.51. The monoisotopic (exact) mass is 385 g/mol. The van der Waals surface area contributed by atoms with Crippen LogP contribution in [-0.4, -0.2) is 9.97 Å². The average molecular weight is 385 g/mol. The lowest BCUT2D eigenvalue weighted by Gasteiger charge is -2.14. The molecule has 0 spiro atoms. The molecule has 28 heavy (non-hydrogen) atoms. The number of fused-ring (bicyclic) bond motifs is 1. The minimum Gasteiger partial charge on any atom is -0.439 e. The fourth-order valence-electron chi connectivity index (χ4n) is 3.44. The minimum atomic E-state index is 0.462. The van der Waals surface area contributed by atoms with Crippen LogP contribution in [0.15, 0.2) is 79.0 Å². The van der Waals surface area contributed by atoms with Crippen LogP contribution in [0.2, 0.25) is 0 Å². The molecule has 1 aliphatic carbocycles. The SMILES string of the molecule is C1=CCC(c2cccnc2Oc2ccc(Nc3nc4ccccc4s3)cc2)C1. The van der Waals surface area contributed by atoms with Crippen molar-refractivity contribution in [2.24, 2.45) is 0 Å².